The van der Waals surface area contributed by atoms with Crippen molar-refractivity contribution in [2.75, 3.05) is 56.9 Å². The van der Waals surface area contributed by atoms with Gasteiger partial charge in [0.2, 0.25) is 5.95 Å². The minimum atomic E-state index is -3.88. The number of fused-ring (bicyclic) bond motifs is 1. The summed E-state index contributed by atoms with van der Waals surface area (Å²) in [6.07, 6.45) is 4.85. The molecular weight excluding hydrogens is 587 g/mol. The first-order valence-electron chi connectivity index (χ1n) is 14.5. The lowest BCUT2D eigenvalue weighted by Crippen LogP contribution is -2.41. The Labute approximate surface area is 256 Å². The second-order valence-electron chi connectivity index (χ2n) is 11.2. The van der Waals surface area contributed by atoms with E-state index in [1.807, 2.05) is 42.5 Å². The number of anilines is 3. The third-order valence-corrected chi connectivity index (χ3v) is 9.34. The SMILES string of the molecule is CN(C)C1CCN(c2ccc(Nc3nc(OS(C)(=O)=O)c4nc(Sc5ccccc5)n(C5CCOCC5)c4n3)cc2)CC1. The molecule has 2 aliphatic rings. The molecule has 11 nitrogen and oxygen atoms in total. The van der Waals surface area contributed by atoms with Crippen LogP contribution >= 0.6 is 11.8 Å². The van der Waals surface area contributed by atoms with Gasteiger partial charge in [0.25, 0.3) is 5.88 Å². The zero-order valence-electron chi connectivity index (χ0n) is 24.6. The van der Waals surface area contributed by atoms with Gasteiger partial charge in [-0.05, 0) is 76.2 Å². The highest BCUT2D eigenvalue weighted by Gasteiger charge is 2.28. The lowest BCUT2D eigenvalue weighted by molar-refractivity contribution is 0.0683. The van der Waals surface area contributed by atoms with E-state index in [1.54, 1.807) is 0 Å². The van der Waals surface area contributed by atoms with Gasteiger partial charge in [-0.15, -0.1) is 0 Å². The van der Waals surface area contributed by atoms with E-state index in [4.69, 9.17) is 18.9 Å². The number of aromatic nitrogens is 4. The zero-order chi connectivity index (χ0) is 30.0. The van der Waals surface area contributed by atoms with Crippen molar-refractivity contribution >= 4 is 50.4 Å². The predicted octanol–water partition coefficient (Wildman–Crippen LogP) is 4.94. The third-order valence-electron chi connectivity index (χ3n) is 7.90. The number of hydrogen-bond donors (Lipinski definition) is 1. The molecule has 4 aromatic rings. The fraction of sp³-hybridized carbons (Fsp3) is 0.433. The summed E-state index contributed by atoms with van der Waals surface area (Å²) in [6.45, 7) is 3.28. The fourth-order valence-corrected chi connectivity index (χ4v) is 7.03. The highest BCUT2D eigenvalue weighted by molar-refractivity contribution is 7.99. The summed E-state index contributed by atoms with van der Waals surface area (Å²) < 4.78 is 37.7. The molecule has 2 aromatic heterocycles. The molecule has 0 spiro atoms. The zero-order valence-corrected chi connectivity index (χ0v) is 26.3. The van der Waals surface area contributed by atoms with Crippen LogP contribution in [0.15, 0.2) is 64.6 Å². The van der Waals surface area contributed by atoms with Gasteiger partial charge in [-0.25, -0.2) is 4.98 Å². The van der Waals surface area contributed by atoms with Crippen LogP contribution in [0.1, 0.15) is 31.7 Å². The first kappa shape index (κ1) is 29.7. The molecule has 6 rings (SSSR count). The predicted molar refractivity (Wildman–Crippen MR) is 169 cm³/mol. The molecule has 0 radical (unpaired) electrons. The number of nitrogens with one attached hydrogen (secondary N) is 1. The quantitative estimate of drug-likeness (QED) is 0.256. The molecule has 2 aromatic carbocycles. The third kappa shape index (κ3) is 7.06. The van der Waals surface area contributed by atoms with Crippen molar-refractivity contribution in [3.8, 4) is 5.88 Å². The van der Waals surface area contributed by atoms with Crippen molar-refractivity contribution in [3.05, 3.63) is 54.6 Å². The maximum absolute atomic E-state index is 12.3. The molecule has 1 N–H and O–H groups in total. The smallest absolute Gasteiger partial charge is 0.307 e. The molecule has 13 heteroatoms. The van der Waals surface area contributed by atoms with E-state index in [2.05, 4.69) is 50.9 Å². The minimum Gasteiger partial charge on any atom is -0.381 e. The van der Waals surface area contributed by atoms with Crippen molar-refractivity contribution in [2.24, 2.45) is 0 Å². The van der Waals surface area contributed by atoms with Crippen LogP contribution in [0, 0.1) is 0 Å². The number of ether oxygens (including phenoxy) is 1. The first-order chi connectivity index (χ1) is 20.7. The Morgan fingerprint density at radius 2 is 1.65 bits per heavy atom. The lowest BCUT2D eigenvalue weighted by Gasteiger charge is -2.36. The molecular formula is C30H37N7O4S2. The molecule has 2 fully saturated rings. The van der Waals surface area contributed by atoms with Crippen molar-refractivity contribution in [1.29, 1.82) is 0 Å². The van der Waals surface area contributed by atoms with E-state index in [1.165, 1.54) is 17.4 Å². The van der Waals surface area contributed by atoms with Gasteiger partial charge in [-0.2, -0.15) is 18.4 Å². The second-order valence-corrected chi connectivity index (χ2v) is 13.8. The Bertz CT molecular complexity index is 1650. The van der Waals surface area contributed by atoms with E-state index >= 15 is 0 Å². The molecule has 43 heavy (non-hydrogen) atoms. The van der Waals surface area contributed by atoms with Gasteiger partial charge >= 0.3 is 10.1 Å². The first-order valence-corrected chi connectivity index (χ1v) is 17.2. The Morgan fingerprint density at radius 3 is 2.30 bits per heavy atom. The number of rotatable bonds is 9. The van der Waals surface area contributed by atoms with Crippen LogP contribution in [0.5, 0.6) is 5.88 Å². The standard InChI is InChI=1S/C30H37N7O4S2/c1-35(2)22-13-17-36(18-14-22)23-11-9-21(10-12-23)31-29-33-27-26(28(34-29)41-43(3,38)39)32-30(42-25-7-5-4-6-8-25)37(27)24-15-19-40-20-16-24/h4-12,22,24H,13-20H2,1-3H3,(H,31,33,34). The topological polar surface area (TPSA) is 115 Å². The lowest BCUT2D eigenvalue weighted by atomic mass is 10.0. The second kappa shape index (κ2) is 12.7. The van der Waals surface area contributed by atoms with E-state index in [0.29, 0.717) is 35.6 Å². The fourth-order valence-electron chi connectivity index (χ4n) is 5.65. The van der Waals surface area contributed by atoms with E-state index in [9.17, 15) is 8.42 Å². The number of benzene rings is 2. The molecule has 2 aliphatic heterocycles. The normalized spacial score (nSPS) is 17.1. The molecule has 0 atom stereocenters. The number of imidazole rings is 1. The summed E-state index contributed by atoms with van der Waals surface area (Å²) in [4.78, 5) is 19.9. The molecule has 2 saturated heterocycles. The summed E-state index contributed by atoms with van der Waals surface area (Å²) in [5.74, 6) is 0.131. The van der Waals surface area contributed by atoms with Crippen molar-refractivity contribution in [2.45, 2.75) is 47.8 Å². The number of piperidine rings is 1. The van der Waals surface area contributed by atoms with E-state index in [0.717, 1.165) is 55.6 Å². The van der Waals surface area contributed by atoms with Gasteiger partial charge in [0.05, 0.1) is 6.26 Å². The van der Waals surface area contributed by atoms with Crippen LogP contribution in [0.4, 0.5) is 17.3 Å². The van der Waals surface area contributed by atoms with Gasteiger partial charge in [0, 0.05) is 54.7 Å². The molecule has 228 valence electrons. The van der Waals surface area contributed by atoms with Crippen LogP contribution < -0.4 is 14.4 Å². The van der Waals surface area contributed by atoms with Gasteiger partial charge in [0.1, 0.15) is 0 Å². The van der Waals surface area contributed by atoms with Crippen molar-refractivity contribution in [3.63, 3.8) is 0 Å². The van der Waals surface area contributed by atoms with E-state index < -0.39 is 10.1 Å². The maximum Gasteiger partial charge on any atom is 0.307 e. The Hall–Kier alpha value is -3.39. The molecule has 0 aliphatic carbocycles. The number of nitrogens with zero attached hydrogens (tertiary/aromatic N) is 6. The van der Waals surface area contributed by atoms with Crippen molar-refractivity contribution in [1.82, 2.24) is 24.4 Å². The van der Waals surface area contributed by atoms with Crippen LogP contribution in [0.3, 0.4) is 0 Å². The molecule has 0 amide bonds. The van der Waals surface area contributed by atoms with Crippen LogP contribution in [-0.2, 0) is 14.9 Å². The van der Waals surface area contributed by atoms with Crippen LogP contribution in [-0.4, -0.2) is 85.5 Å². The molecule has 0 bridgehead atoms. The van der Waals surface area contributed by atoms with Gasteiger partial charge < -0.3 is 24.0 Å². The molecule has 0 unspecified atom stereocenters. The molecule has 4 heterocycles. The summed E-state index contributed by atoms with van der Waals surface area (Å²) in [6, 6.07) is 18.8. The summed E-state index contributed by atoms with van der Waals surface area (Å²) in [5.41, 5.74) is 2.77. The average Bonchev–Trinajstić information content (AvgIpc) is 3.36. The average molecular weight is 624 g/mol. The Morgan fingerprint density at radius 1 is 0.953 bits per heavy atom. The summed E-state index contributed by atoms with van der Waals surface area (Å²) in [5, 5.41) is 3.96. The van der Waals surface area contributed by atoms with E-state index in [-0.39, 0.29) is 17.9 Å². The Balaban J connectivity index is 1.34. The Kier molecular flexibility index (Phi) is 8.75. The highest BCUT2D eigenvalue weighted by Crippen LogP contribution is 2.38. The maximum atomic E-state index is 12.3. The highest BCUT2D eigenvalue weighted by atomic mass is 32.2. The largest absolute Gasteiger partial charge is 0.381 e. The van der Waals surface area contributed by atoms with Crippen molar-refractivity contribution < 1.29 is 17.3 Å². The minimum absolute atomic E-state index is 0.0784. The monoisotopic (exact) mass is 623 g/mol. The van der Waals surface area contributed by atoms with Gasteiger partial charge in [-0.3, -0.25) is 4.57 Å². The summed E-state index contributed by atoms with van der Waals surface area (Å²) >= 11 is 1.50. The molecule has 0 saturated carbocycles. The van der Waals surface area contributed by atoms with Crippen LogP contribution in [0.25, 0.3) is 11.2 Å². The van der Waals surface area contributed by atoms with Gasteiger partial charge in [-0.1, -0.05) is 30.0 Å². The van der Waals surface area contributed by atoms with Crippen LogP contribution in [0.2, 0.25) is 0 Å². The van der Waals surface area contributed by atoms with Gasteiger partial charge in [0.15, 0.2) is 16.3 Å². The number of hydrogen-bond acceptors (Lipinski definition) is 11. The summed E-state index contributed by atoms with van der Waals surface area (Å²) in [7, 11) is 0.414.